The molecule has 2 atom stereocenters. The molecule has 3 aliphatic heterocycles. The Labute approximate surface area is 206 Å². The molecule has 8 nitrogen and oxygen atoms in total. The number of carbonyl (C=O) groups is 2. The summed E-state index contributed by atoms with van der Waals surface area (Å²) in [7, 11) is 0. The number of anilines is 3. The van der Waals surface area contributed by atoms with Crippen molar-refractivity contribution in [2.24, 2.45) is 0 Å². The Hall–Kier alpha value is -3.10. The number of aryl methyl sites for hydroxylation is 1. The molecule has 0 aromatic heterocycles. The van der Waals surface area contributed by atoms with Gasteiger partial charge >= 0.3 is 6.09 Å². The van der Waals surface area contributed by atoms with Crippen LogP contribution in [0.1, 0.15) is 50.2 Å². The van der Waals surface area contributed by atoms with Crippen LogP contribution in [-0.4, -0.2) is 55.3 Å². The summed E-state index contributed by atoms with van der Waals surface area (Å²) in [6.45, 7) is 6.71. The van der Waals surface area contributed by atoms with Crippen LogP contribution in [0.2, 0.25) is 0 Å². The fraction of sp³-hybridized carbons (Fsp3) is 0.481. The molecule has 0 spiro atoms. The Bertz CT molecular complexity index is 1160. The first kappa shape index (κ1) is 22.4. The third kappa shape index (κ3) is 4.25. The zero-order valence-electron chi connectivity index (χ0n) is 20.4. The zero-order chi connectivity index (χ0) is 24.1. The summed E-state index contributed by atoms with van der Waals surface area (Å²) in [6, 6.07) is 12.5. The molecule has 1 aliphatic carbocycles. The number of benzene rings is 2. The van der Waals surface area contributed by atoms with Crippen LogP contribution in [0.5, 0.6) is 5.75 Å². The summed E-state index contributed by atoms with van der Waals surface area (Å²) in [5.74, 6) is 0.848. The number of hydrogen-bond donors (Lipinski definition) is 2. The molecule has 2 amide bonds. The molecule has 1 saturated heterocycles. The van der Waals surface area contributed by atoms with Crippen molar-refractivity contribution >= 4 is 29.1 Å². The van der Waals surface area contributed by atoms with Gasteiger partial charge in [0, 0.05) is 56.8 Å². The summed E-state index contributed by atoms with van der Waals surface area (Å²) in [5.41, 5.74) is 8.49. The van der Waals surface area contributed by atoms with Gasteiger partial charge in [0.2, 0.25) is 5.91 Å². The molecule has 6 rings (SSSR count). The minimum Gasteiger partial charge on any atom is -0.410 e. The number of rotatable bonds is 3. The van der Waals surface area contributed by atoms with Crippen LogP contribution in [0.3, 0.4) is 0 Å². The number of hydrazine groups is 1. The van der Waals surface area contributed by atoms with E-state index in [1.165, 1.54) is 24.0 Å². The van der Waals surface area contributed by atoms with Gasteiger partial charge in [-0.2, -0.15) is 0 Å². The van der Waals surface area contributed by atoms with Crippen LogP contribution < -0.4 is 25.3 Å². The maximum absolute atomic E-state index is 13.5. The Morgan fingerprint density at radius 2 is 1.91 bits per heavy atom. The molecule has 8 heteroatoms. The van der Waals surface area contributed by atoms with Crippen LogP contribution in [0.15, 0.2) is 36.4 Å². The molecular weight excluding hydrogens is 442 g/mol. The molecule has 4 aliphatic rings. The largest absolute Gasteiger partial charge is 0.419 e. The molecule has 2 aromatic rings. The molecule has 2 aromatic carbocycles. The Kier molecular flexibility index (Phi) is 5.65. The lowest BCUT2D eigenvalue weighted by Gasteiger charge is -2.40. The average molecular weight is 476 g/mol. The molecule has 2 fully saturated rings. The van der Waals surface area contributed by atoms with Crippen LogP contribution in [0.4, 0.5) is 21.9 Å². The summed E-state index contributed by atoms with van der Waals surface area (Å²) >= 11 is 0. The van der Waals surface area contributed by atoms with E-state index in [1.807, 2.05) is 31.2 Å². The number of nitrogens with one attached hydrogen (secondary N) is 2. The fourth-order valence-corrected chi connectivity index (χ4v) is 5.69. The van der Waals surface area contributed by atoms with E-state index in [9.17, 15) is 9.59 Å². The van der Waals surface area contributed by atoms with E-state index in [1.54, 1.807) is 16.7 Å². The lowest BCUT2D eigenvalue weighted by atomic mass is 9.97. The summed E-state index contributed by atoms with van der Waals surface area (Å²) in [5, 5.41) is 5.74. The Morgan fingerprint density at radius 1 is 1.06 bits per heavy atom. The van der Waals surface area contributed by atoms with Gasteiger partial charge in [-0.05, 0) is 61.9 Å². The molecule has 2 N–H and O–H groups in total. The Balaban J connectivity index is 1.29. The van der Waals surface area contributed by atoms with Crippen molar-refractivity contribution in [3.05, 3.63) is 47.5 Å². The molecule has 35 heavy (non-hydrogen) atoms. The first-order valence-corrected chi connectivity index (χ1v) is 12.8. The highest BCUT2D eigenvalue weighted by Crippen LogP contribution is 2.40. The Morgan fingerprint density at radius 3 is 2.71 bits per heavy atom. The first-order valence-electron chi connectivity index (χ1n) is 12.8. The maximum Gasteiger partial charge on any atom is 0.419 e. The number of ether oxygens (including phenoxy) is 1. The number of amides is 2. The standard InChI is InChI=1S/C27H33N5O3/c1-17-15-30(27(34)35-23-9-5-19-4-3-11-28-24(19)13-23)26-12-20(6-10-25(26)32(17)18(2)33)21-14-29-31(16-21)22-7-8-22/h5-6,9-10,12-13,17,21-22,28-29H,3-4,7-8,11,14-16H2,1-2H3/t17-,21?/m0/s1. The predicted octanol–water partition coefficient (Wildman–Crippen LogP) is 3.87. The van der Waals surface area contributed by atoms with E-state index in [2.05, 4.69) is 27.9 Å². The molecular formula is C27H33N5O3. The average Bonchev–Trinajstić information content (AvgIpc) is 3.59. The highest BCUT2D eigenvalue weighted by molar-refractivity contribution is 6.02. The van der Waals surface area contributed by atoms with Crippen molar-refractivity contribution in [1.29, 1.82) is 0 Å². The van der Waals surface area contributed by atoms with E-state index in [0.717, 1.165) is 49.5 Å². The molecule has 3 heterocycles. The van der Waals surface area contributed by atoms with E-state index in [0.29, 0.717) is 24.3 Å². The van der Waals surface area contributed by atoms with Gasteiger partial charge in [-0.15, -0.1) is 0 Å². The lowest BCUT2D eigenvalue weighted by molar-refractivity contribution is -0.117. The summed E-state index contributed by atoms with van der Waals surface area (Å²) in [4.78, 5) is 29.4. The van der Waals surface area contributed by atoms with E-state index in [4.69, 9.17) is 4.74 Å². The monoisotopic (exact) mass is 475 g/mol. The van der Waals surface area contributed by atoms with E-state index >= 15 is 0 Å². The van der Waals surface area contributed by atoms with Gasteiger partial charge in [-0.3, -0.25) is 15.1 Å². The van der Waals surface area contributed by atoms with Crippen molar-refractivity contribution in [3.8, 4) is 5.75 Å². The van der Waals surface area contributed by atoms with Crippen molar-refractivity contribution < 1.29 is 14.3 Å². The van der Waals surface area contributed by atoms with Gasteiger partial charge in [0.05, 0.1) is 17.4 Å². The first-order chi connectivity index (χ1) is 17.0. The highest BCUT2D eigenvalue weighted by Gasteiger charge is 2.38. The molecule has 184 valence electrons. The minimum atomic E-state index is -0.418. The summed E-state index contributed by atoms with van der Waals surface area (Å²) in [6.07, 6.45) is 4.24. The van der Waals surface area contributed by atoms with E-state index in [-0.39, 0.29) is 11.9 Å². The quantitative estimate of drug-likeness (QED) is 0.702. The number of carbonyl (C=O) groups excluding carboxylic acids is 2. The number of hydrogen-bond acceptors (Lipinski definition) is 6. The van der Waals surface area contributed by atoms with Crippen molar-refractivity contribution in [1.82, 2.24) is 10.4 Å². The third-order valence-electron chi connectivity index (χ3n) is 7.64. The van der Waals surface area contributed by atoms with Crippen LogP contribution in [0, 0.1) is 0 Å². The molecule has 0 bridgehead atoms. The SMILES string of the molecule is CC(=O)N1c2ccc(C3CNN(C4CC4)C3)cc2N(C(=O)Oc2ccc3c(c2)NCCC3)C[C@@H]1C. The van der Waals surface area contributed by atoms with Crippen molar-refractivity contribution in [2.75, 3.05) is 41.3 Å². The smallest absolute Gasteiger partial charge is 0.410 e. The number of fused-ring (bicyclic) bond motifs is 2. The van der Waals surface area contributed by atoms with Crippen LogP contribution in [0.25, 0.3) is 0 Å². The van der Waals surface area contributed by atoms with Crippen molar-refractivity contribution in [2.45, 2.75) is 57.5 Å². The minimum absolute atomic E-state index is 0.0253. The summed E-state index contributed by atoms with van der Waals surface area (Å²) < 4.78 is 5.87. The normalized spacial score (nSPS) is 23.9. The van der Waals surface area contributed by atoms with Gasteiger partial charge in [0.15, 0.2) is 0 Å². The second-order valence-electron chi connectivity index (χ2n) is 10.3. The zero-order valence-corrected chi connectivity index (χ0v) is 20.4. The predicted molar refractivity (Wildman–Crippen MR) is 136 cm³/mol. The third-order valence-corrected chi connectivity index (χ3v) is 7.64. The van der Waals surface area contributed by atoms with Gasteiger partial charge in [0.25, 0.3) is 0 Å². The fourth-order valence-electron chi connectivity index (χ4n) is 5.69. The second-order valence-corrected chi connectivity index (χ2v) is 10.3. The molecule has 0 radical (unpaired) electrons. The van der Waals surface area contributed by atoms with Crippen molar-refractivity contribution in [3.63, 3.8) is 0 Å². The maximum atomic E-state index is 13.5. The second kappa shape index (κ2) is 8.84. The lowest BCUT2D eigenvalue weighted by Crippen LogP contribution is -2.52. The topological polar surface area (TPSA) is 77.2 Å². The van der Waals surface area contributed by atoms with Gasteiger partial charge < -0.3 is 15.0 Å². The molecule has 1 unspecified atom stereocenters. The molecule has 1 saturated carbocycles. The number of nitrogens with zero attached hydrogens (tertiary/aromatic N) is 3. The van der Waals surface area contributed by atoms with E-state index < -0.39 is 6.09 Å². The highest BCUT2D eigenvalue weighted by atomic mass is 16.6. The van der Waals surface area contributed by atoms with Gasteiger partial charge in [-0.1, -0.05) is 12.1 Å². The van der Waals surface area contributed by atoms with Crippen LogP contribution in [-0.2, 0) is 11.2 Å². The van der Waals surface area contributed by atoms with Gasteiger partial charge in [-0.25, -0.2) is 9.80 Å². The van der Waals surface area contributed by atoms with Gasteiger partial charge in [0.1, 0.15) is 5.75 Å². The van der Waals surface area contributed by atoms with Crippen LogP contribution >= 0.6 is 0 Å².